The summed E-state index contributed by atoms with van der Waals surface area (Å²) in [6, 6.07) is 0.308. The Labute approximate surface area is 103 Å². The van der Waals surface area contributed by atoms with E-state index in [4.69, 9.17) is 0 Å². The van der Waals surface area contributed by atoms with E-state index < -0.39 is 0 Å². The zero-order valence-electron chi connectivity index (χ0n) is 9.41. The van der Waals surface area contributed by atoms with E-state index in [9.17, 15) is 4.79 Å². The number of thioether (sulfide) groups is 1. The number of halogens is 1. The second-order valence-corrected chi connectivity index (χ2v) is 4.76. The first kappa shape index (κ1) is 15.1. The summed E-state index contributed by atoms with van der Waals surface area (Å²) in [6.07, 6.45) is 4.41. The Morgan fingerprint density at radius 3 is 2.93 bits per heavy atom. The van der Waals surface area contributed by atoms with Crippen molar-refractivity contribution >= 4 is 30.1 Å². The minimum absolute atomic E-state index is 0. The van der Waals surface area contributed by atoms with Crippen LogP contribution in [0.4, 0.5) is 0 Å². The van der Waals surface area contributed by atoms with Gasteiger partial charge in [-0.1, -0.05) is 0 Å². The normalized spacial score (nSPS) is 22.7. The molecular weight excluding hydrogens is 232 g/mol. The monoisotopic (exact) mass is 252 g/mol. The van der Waals surface area contributed by atoms with E-state index in [2.05, 4.69) is 17.6 Å². The molecule has 1 aliphatic heterocycles. The summed E-state index contributed by atoms with van der Waals surface area (Å²) >= 11 is 1.57. The van der Waals surface area contributed by atoms with E-state index in [-0.39, 0.29) is 18.3 Å². The average Bonchev–Trinajstić information content (AvgIpc) is 2.19. The molecule has 2 unspecified atom stereocenters. The molecule has 2 N–H and O–H groups in total. The Bertz CT molecular complexity index is 186. The molecule has 1 rings (SSSR count). The highest BCUT2D eigenvalue weighted by Gasteiger charge is 2.20. The number of nitrogens with one attached hydrogen (secondary N) is 2. The third-order valence-electron chi connectivity index (χ3n) is 2.71. The molecule has 2 atom stereocenters. The van der Waals surface area contributed by atoms with Gasteiger partial charge in [0.25, 0.3) is 0 Å². The summed E-state index contributed by atoms with van der Waals surface area (Å²) in [6.45, 7) is 4.28. The molecular formula is C10H21ClN2OS. The minimum atomic E-state index is 0. The van der Waals surface area contributed by atoms with Gasteiger partial charge in [-0.15, -0.1) is 12.4 Å². The predicted octanol–water partition coefficient (Wildman–Crippen LogP) is 1.28. The van der Waals surface area contributed by atoms with Crippen LogP contribution in [0.3, 0.4) is 0 Å². The van der Waals surface area contributed by atoms with Crippen LogP contribution in [0, 0.1) is 5.92 Å². The van der Waals surface area contributed by atoms with Gasteiger partial charge < -0.3 is 10.6 Å². The van der Waals surface area contributed by atoms with Gasteiger partial charge in [0.05, 0.1) is 5.75 Å². The number of piperidine rings is 1. The van der Waals surface area contributed by atoms with E-state index in [1.807, 2.05) is 6.26 Å². The van der Waals surface area contributed by atoms with E-state index in [1.54, 1.807) is 11.8 Å². The zero-order valence-corrected chi connectivity index (χ0v) is 11.0. The second-order valence-electron chi connectivity index (χ2n) is 3.90. The van der Waals surface area contributed by atoms with Crippen LogP contribution in [0.15, 0.2) is 0 Å². The highest BCUT2D eigenvalue weighted by molar-refractivity contribution is 7.99. The maximum absolute atomic E-state index is 11.3. The molecule has 0 aromatic rings. The molecule has 1 heterocycles. The Kier molecular flexibility index (Phi) is 8.29. The van der Waals surface area contributed by atoms with Crippen molar-refractivity contribution in [3.63, 3.8) is 0 Å². The molecule has 0 aromatic heterocycles. The lowest BCUT2D eigenvalue weighted by atomic mass is 9.93. The number of amides is 1. The van der Waals surface area contributed by atoms with Crippen LogP contribution in [-0.4, -0.2) is 37.0 Å². The summed E-state index contributed by atoms with van der Waals surface area (Å²) in [5.74, 6) is 1.34. The van der Waals surface area contributed by atoms with Crippen molar-refractivity contribution in [2.24, 2.45) is 5.92 Å². The summed E-state index contributed by atoms with van der Waals surface area (Å²) in [5.41, 5.74) is 0. The Balaban J connectivity index is 0.00000196. The van der Waals surface area contributed by atoms with Crippen molar-refractivity contribution < 1.29 is 4.79 Å². The molecule has 15 heavy (non-hydrogen) atoms. The molecule has 0 bridgehead atoms. The van der Waals surface area contributed by atoms with Crippen LogP contribution in [-0.2, 0) is 4.79 Å². The Morgan fingerprint density at radius 2 is 2.40 bits per heavy atom. The van der Waals surface area contributed by atoms with Gasteiger partial charge in [-0.05, 0) is 45.0 Å². The molecule has 0 aliphatic carbocycles. The minimum Gasteiger partial charge on any atom is -0.353 e. The largest absolute Gasteiger partial charge is 0.353 e. The summed E-state index contributed by atoms with van der Waals surface area (Å²) < 4.78 is 0. The highest BCUT2D eigenvalue weighted by Crippen LogP contribution is 2.14. The van der Waals surface area contributed by atoms with Gasteiger partial charge in [0, 0.05) is 6.04 Å². The first-order valence-corrected chi connectivity index (χ1v) is 6.62. The molecule has 1 saturated heterocycles. The van der Waals surface area contributed by atoms with Gasteiger partial charge in [-0.2, -0.15) is 11.8 Å². The van der Waals surface area contributed by atoms with Crippen LogP contribution >= 0.6 is 24.2 Å². The molecule has 1 aliphatic rings. The lowest BCUT2D eigenvalue weighted by Gasteiger charge is -2.28. The summed E-state index contributed by atoms with van der Waals surface area (Å²) in [4.78, 5) is 11.3. The standard InChI is InChI=1S/C10H20N2OS.ClH/c1-8(12-10(13)7-14-2)9-4-3-5-11-6-9;/h8-9,11H,3-7H2,1-2H3,(H,12,13);1H. The van der Waals surface area contributed by atoms with Crippen LogP contribution in [0.2, 0.25) is 0 Å². The molecule has 0 spiro atoms. The third-order valence-corrected chi connectivity index (χ3v) is 3.26. The first-order valence-electron chi connectivity index (χ1n) is 5.23. The topological polar surface area (TPSA) is 41.1 Å². The van der Waals surface area contributed by atoms with Gasteiger partial charge in [-0.25, -0.2) is 0 Å². The fourth-order valence-corrected chi connectivity index (χ4v) is 2.20. The van der Waals surface area contributed by atoms with E-state index in [1.165, 1.54) is 12.8 Å². The molecule has 0 radical (unpaired) electrons. The van der Waals surface area contributed by atoms with Crippen molar-refractivity contribution in [3.05, 3.63) is 0 Å². The molecule has 90 valence electrons. The SMILES string of the molecule is CSCC(=O)NC(C)C1CCCNC1.Cl. The average molecular weight is 253 g/mol. The maximum Gasteiger partial charge on any atom is 0.230 e. The van der Waals surface area contributed by atoms with Crippen LogP contribution < -0.4 is 10.6 Å². The summed E-state index contributed by atoms with van der Waals surface area (Å²) in [5, 5.41) is 6.42. The van der Waals surface area contributed by atoms with E-state index in [0.29, 0.717) is 17.7 Å². The van der Waals surface area contributed by atoms with E-state index in [0.717, 1.165) is 13.1 Å². The van der Waals surface area contributed by atoms with E-state index >= 15 is 0 Å². The lowest BCUT2D eigenvalue weighted by Crippen LogP contribution is -2.45. The van der Waals surface area contributed by atoms with Crippen molar-refractivity contribution in [1.82, 2.24) is 10.6 Å². The van der Waals surface area contributed by atoms with Crippen molar-refractivity contribution in [3.8, 4) is 0 Å². The van der Waals surface area contributed by atoms with Gasteiger partial charge in [0.1, 0.15) is 0 Å². The van der Waals surface area contributed by atoms with Crippen LogP contribution in [0.5, 0.6) is 0 Å². The maximum atomic E-state index is 11.3. The van der Waals surface area contributed by atoms with Crippen LogP contribution in [0.1, 0.15) is 19.8 Å². The smallest absolute Gasteiger partial charge is 0.230 e. The van der Waals surface area contributed by atoms with Crippen molar-refractivity contribution in [2.75, 3.05) is 25.1 Å². The Hall–Kier alpha value is 0.0700. The lowest BCUT2D eigenvalue weighted by molar-refractivity contribution is -0.119. The molecule has 5 heteroatoms. The van der Waals surface area contributed by atoms with Crippen LogP contribution in [0.25, 0.3) is 0 Å². The quantitative estimate of drug-likeness (QED) is 0.792. The van der Waals surface area contributed by atoms with Gasteiger partial charge in [0.15, 0.2) is 0 Å². The Morgan fingerprint density at radius 1 is 1.67 bits per heavy atom. The number of hydrogen-bond donors (Lipinski definition) is 2. The number of carbonyl (C=O) groups excluding carboxylic acids is 1. The third kappa shape index (κ3) is 5.64. The number of hydrogen-bond acceptors (Lipinski definition) is 3. The molecule has 1 amide bonds. The van der Waals surface area contributed by atoms with Crippen molar-refractivity contribution in [2.45, 2.75) is 25.8 Å². The fraction of sp³-hybridized carbons (Fsp3) is 0.900. The molecule has 3 nitrogen and oxygen atoms in total. The van der Waals surface area contributed by atoms with Crippen molar-refractivity contribution in [1.29, 1.82) is 0 Å². The fourth-order valence-electron chi connectivity index (χ4n) is 1.85. The first-order chi connectivity index (χ1) is 6.74. The second kappa shape index (κ2) is 8.25. The van der Waals surface area contributed by atoms with Gasteiger partial charge in [-0.3, -0.25) is 4.79 Å². The van der Waals surface area contributed by atoms with Gasteiger partial charge >= 0.3 is 0 Å². The molecule has 0 saturated carbocycles. The molecule has 1 fully saturated rings. The molecule has 0 aromatic carbocycles. The highest BCUT2D eigenvalue weighted by atomic mass is 35.5. The number of rotatable bonds is 4. The van der Waals surface area contributed by atoms with Gasteiger partial charge in [0.2, 0.25) is 5.91 Å². The number of carbonyl (C=O) groups is 1. The predicted molar refractivity (Wildman–Crippen MR) is 68.8 cm³/mol. The zero-order chi connectivity index (χ0) is 10.4. The summed E-state index contributed by atoms with van der Waals surface area (Å²) in [7, 11) is 0.